The van der Waals surface area contributed by atoms with Crippen molar-refractivity contribution in [2.45, 2.75) is 5.92 Å². The molecule has 3 aromatic carbocycles. The molecule has 0 aliphatic rings. The van der Waals surface area contributed by atoms with E-state index in [2.05, 4.69) is 14.7 Å². The topological polar surface area (TPSA) is 251 Å². The van der Waals surface area contributed by atoms with E-state index in [1.165, 1.54) is 18.2 Å². The Morgan fingerprint density at radius 3 is 2.40 bits per heavy atom. The molecule has 1 aromatic heterocycles. The van der Waals surface area contributed by atoms with Gasteiger partial charge < -0.3 is 35.7 Å². The van der Waals surface area contributed by atoms with Crippen LogP contribution in [0.4, 0.5) is 17.1 Å². The number of esters is 1. The number of methoxy groups -OCH3 is 1. The Labute approximate surface area is 239 Å². The number of ketones is 2. The number of hydrogen-bond donors (Lipinski definition) is 4. The van der Waals surface area contributed by atoms with Crippen molar-refractivity contribution >= 4 is 45.6 Å². The van der Waals surface area contributed by atoms with Crippen molar-refractivity contribution in [3.63, 3.8) is 0 Å². The van der Waals surface area contributed by atoms with E-state index in [9.17, 15) is 44.7 Å². The van der Waals surface area contributed by atoms with Crippen LogP contribution in [0.15, 0.2) is 83.2 Å². The number of nitro groups is 1. The van der Waals surface area contributed by atoms with Gasteiger partial charge in [-0.3, -0.25) is 29.7 Å². The normalized spacial score (nSPS) is 12.2. The fourth-order valence-electron chi connectivity index (χ4n) is 4.01. The minimum atomic E-state index is -2.39. The summed E-state index contributed by atoms with van der Waals surface area (Å²) < 4.78 is 4.38. The number of aliphatic hydroxyl groups excluding tert-OH is 1. The highest BCUT2D eigenvalue weighted by Crippen LogP contribution is 2.31. The maximum Gasteiger partial charge on any atom is 0.375 e. The molecule has 1 atom stereocenters. The van der Waals surface area contributed by atoms with Crippen molar-refractivity contribution in [3.8, 4) is 0 Å². The third-order valence-corrected chi connectivity index (χ3v) is 6.09. The van der Waals surface area contributed by atoms with E-state index in [1.54, 1.807) is 30.3 Å². The van der Waals surface area contributed by atoms with Crippen LogP contribution >= 0.6 is 0 Å². The number of fused-ring (bicyclic) bond motifs is 1. The fraction of sp³-hybridized carbons (Fsp3) is 0.0741. The Bertz CT molecular complexity index is 1850. The van der Waals surface area contributed by atoms with Gasteiger partial charge in [0.15, 0.2) is 11.7 Å². The van der Waals surface area contributed by atoms with Crippen LogP contribution in [0, 0.1) is 15.3 Å². The van der Waals surface area contributed by atoms with E-state index >= 15 is 0 Å². The van der Waals surface area contributed by atoms with Crippen LogP contribution in [0.3, 0.4) is 0 Å². The van der Waals surface area contributed by atoms with Gasteiger partial charge in [-0.2, -0.15) is 0 Å². The van der Waals surface area contributed by atoms with Gasteiger partial charge in [0.25, 0.3) is 17.0 Å². The van der Waals surface area contributed by atoms with Gasteiger partial charge in [0.05, 0.1) is 34.7 Å². The van der Waals surface area contributed by atoms with Crippen LogP contribution in [0.5, 0.6) is 0 Å². The Hall–Kier alpha value is -6.13. The molecule has 0 amide bonds. The number of anilines is 2. The average molecular weight is 589 g/mol. The molecule has 0 fully saturated rings. The van der Waals surface area contributed by atoms with Crippen LogP contribution in [0.25, 0.3) is 11.0 Å². The van der Waals surface area contributed by atoms with Crippen molar-refractivity contribution in [3.05, 3.63) is 121 Å². The van der Waals surface area contributed by atoms with E-state index in [0.717, 1.165) is 19.2 Å². The average Bonchev–Trinajstić information content (AvgIpc) is 3.00. The Balaban J connectivity index is 1.81. The molecular formula is C27H19N5O11-2. The van der Waals surface area contributed by atoms with Gasteiger partial charge >= 0.3 is 5.97 Å². The fourth-order valence-corrected chi connectivity index (χ4v) is 4.01. The van der Waals surface area contributed by atoms with Crippen molar-refractivity contribution < 1.29 is 39.5 Å². The van der Waals surface area contributed by atoms with Crippen molar-refractivity contribution in [1.29, 1.82) is 0 Å². The highest BCUT2D eigenvalue weighted by Gasteiger charge is 2.33. The second-order valence-corrected chi connectivity index (χ2v) is 8.74. The minimum Gasteiger partial charge on any atom is -0.871 e. The lowest BCUT2D eigenvalue weighted by Gasteiger charge is -2.24. The summed E-state index contributed by atoms with van der Waals surface area (Å²) in [5.74, 6) is -9.03. The van der Waals surface area contributed by atoms with Crippen LogP contribution < -0.4 is 21.2 Å². The predicted molar refractivity (Wildman–Crippen MR) is 146 cm³/mol. The van der Waals surface area contributed by atoms with E-state index in [4.69, 9.17) is 5.21 Å². The molecule has 4 N–H and O–H groups in total. The number of carbonyl (C=O) groups excluding carboxylic acids is 3. The van der Waals surface area contributed by atoms with Crippen LogP contribution in [0.1, 0.15) is 27.5 Å². The molecule has 4 rings (SSSR count). The molecule has 1 heterocycles. The summed E-state index contributed by atoms with van der Waals surface area (Å²) in [6.45, 7) is 0. The summed E-state index contributed by atoms with van der Waals surface area (Å²) in [4.78, 5) is 67.8. The quantitative estimate of drug-likeness (QED) is 0.0514. The van der Waals surface area contributed by atoms with Gasteiger partial charge in [-0.25, -0.2) is 9.78 Å². The third-order valence-electron chi connectivity index (χ3n) is 6.09. The standard InChI is InChI=1S/C27H20N5O11/c1-43-27(38)24(35)20(23(34)26(37)30-18-12-15(31(39)40)8-10-19(18)32(41)42)21-25(36)29-17-11-14(7-9-16(17)28-21)22(33)13-5-3-2-4-6-13/h2-12,20,30,34,37,39H,1H3,(H,29,36)/q-1/p-1. The Morgan fingerprint density at radius 1 is 1.07 bits per heavy atom. The Kier molecular flexibility index (Phi) is 8.44. The van der Waals surface area contributed by atoms with Gasteiger partial charge in [-0.1, -0.05) is 36.1 Å². The molecule has 0 saturated carbocycles. The third kappa shape index (κ3) is 6.14. The van der Waals surface area contributed by atoms with E-state index in [-0.39, 0.29) is 22.4 Å². The number of carbonyl (C=O) groups is 3. The Morgan fingerprint density at radius 2 is 1.77 bits per heavy atom. The number of aromatic nitrogens is 2. The second-order valence-electron chi connectivity index (χ2n) is 8.74. The summed E-state index contributed by atoms with van der Waals surface area (Å²) in [6, 6.07) is 14.6. The molecule has 16 heteroatoms. The smallest absolute Gasteiger partial charge is 0.375 e. The molecule has 0 saturated heterocycles. The maximum absolute atomic E-state index is 13.3. The zero-order chi connectivity index (χ0) is 31.4. The molecule has 0 radical (unpaired) electrons. The lowest BCUT2D eigenvalue weighted by atomic mass is 9.97. The first-order valence-corrected chi connectivity index (χ1v) is 12.0. The molecule has 43 heavy (non-hydrogen) atoms. The lowest BCUT2D eigenvalue weighted by molar-refractivity contribution is -0.384. The molecular weight excluding hydrogens is 570 g/mol. The highest BCUT2D eigenvalue weighted by atomic mass is 16.8. The first-order valence-electron chi connectivity index (χ1n) is 12.0. The van der Waals surface area contributed by atoms with Crippen molar-refractivity contribution in [1.82, 2.24) is 9.97 Å². The molecule has 0 bridgehead atoms. The monoisotopic (exact) mass is 589 g/mol. The lowest BCUT2D eigenvalue weighted by Crippen LogP contribution is -2.35. The number of hydrogen-bond acceptors (Lipinski definition) is 14. The van der Waals surface area contributed by atoms with Gasteiger partial charge in [0.2, 0.25) is 0 Å². The number of nitrogens with one attached hydrogen (secondary N) is 2. The zero-order valence-electron chi connectivity index (χ0n) is 21.8. The number of aromatic amines is 1. The summed E-state index contributed by atoms with van der Waals surface area (Å²) in [7, 11) is 0.825. The largest absolute Gasteiger partial charge is 0.871 e. The van der Waals surface area contributed by atoms with Crippen LogP contribution in [-0.2, 0) is 14.3 Å². The second kappa shape index (κ2) is 12.2. The SMILES string of the molecule is COC(=O)C(=O)C(C([O-])=C(O)Nc1cc(N([O-])O)ccc1[N+](=O)[O-])c1nc2ccc(C(=O)c3ccccc3)cc2[nH]c1=O. The van der Waals surface area contributed by atoms with Gasteiger partial charge in [-0.15, -0.1) is 0 Å². The minimum absolute atomic E-state index is 0.0102. The number of allylic oxidation sites excluding steroid dienone is 1. The molecule has 4 aromatic rings. The number of nitrogens with zero attached hydrogens (tertiary/aromatic N) is 3. The molecule has 16 nitrogen and oxygen atoms in total. The number of benzene rings is 3. The number of Topliss-reactive ketones (excluding diaryl/α,β-unsaturated/α-hetero) is 1. The molecule has 220 valence electrons. The zero-order valence-corrected chi connectivity index (χ0v) is 21.8. The van der Waals surface area contributed by atoms with Crippen LogP contribution in [0.2, 0.25) is 0 Å². The maximum atomic E-state index is 13.3. The first kappa shape index (κ1) is 29.8. The number of H-pyrrole nitrogens is 1. The van der Waals surface area contributed by atoms with E-state index in [0.29, 0.717) is 11.6 Å². The van der Waals surface area contributed by atoms with Gasteiger partial charge in [-0.05, 0) is 30.3 Å². The van der Waals surface area contributed by atoms with E-state index in [1.807, 2.05) is 5.32 Å². The van der Waals surface area contributed by atoms with Gasteiger partial charge in [0, 0.05) is 17.2 Å². The molecule has 0 aliphatic carbocycles. The first-order chi connectivity index (χ1) is 20.4. The van der Waals surface area contributed by atoms with Crippen molar-refractivity contribution in [2.24, 2.45) is 0 Å². The van der Waals surface area contributed by atoms with E-state index < -0.39 is 67.8 Å². The predicted octanol–water partition coefficient (Wildman–Crippen LogP) is 1.78. The number of aliphatic hydroxyl groups is 1. The number of nitro benzene ring substituents is 1. The van der Waals surface area contributed by atoms with Crippen LogP contribution in [-0.4, -0.2) is 49.9 Å². The molecule has 0 aliphatic heterocycles. The number of rotatable bonds is 10. The van der Waals surface area contributed by atoms with Crippen molar-refractivity contribution in [2.75, 3.05) is 17.7 Å². The summed E-state index contributed by atoms with van der Waals surface area (Å²) in [5.41, 5.74) is -3.36. The highest BCUT2D eigenvalue weighted by molar-refractivity contribution is 6.36. The number of ether oxygens (including phenoxy) is 1. The summed E-state index contributed by atoms with van der Waals surface area (Å²) in [6.07, 6.45) is 0. The summed E-state index contributed by atoms with van der Waals surface area (Å²) in [5, 5.41) is 56.9. The van der Waals surface area contributed by atoms with Gasteiger partial charge in [0.1, 0.15) is 11.4 Å². The molecule has 0 spiro atoms. The molecule has 1 unspecified atom stereocenters. The summed E-state index contributed by atoms with van der Waals surface area (Å²) >= 11 is 0.